The van der Waals surface area contributed by atoms with Crippen LogP contribution in [0, 0.1) is 6.92 Å². The fourth-order valence-electron chi connectivity index (χ4n) is 3.30. The fourth-order valence-corrected chi connectivity index (χ4v) is 3.30. The minimum absolute atomic E-state index is 0.0319. The third-order valence-corrected chi connectivity index (χ3v) is 4.35. The van der Waals surface area contributed by atoms with E-state index in [-0.39, 0.29) is 11.9 Å². The van der Waals surface area contributed by atoms with E-state index in [9.17, 15) is 4.79 Å². The van der Waals surface area contributed by atoms with Gasteiger partial charge < -0.3 is 9.42 Å². The standard InChI is InChI=1S/C17H24N4O2/c1-4-7-16(22)21-9-6-5-8-14(21)17-13(11-20(3)18-17)15-10-12(2)19-23-15/h10-11,14H,4-9H2,1-3H3/t14-/m1/s1. The highest BCUT2D eigenvalue weighted by molar-refractivity contribution is 5.77. The first-order valence-corrected chi connectivity index (χ1v) is 8.37. The highest BCUT2D eigenvalue weighted by atomic mass is 16.5. The fraction of sp³-hybridized carbons (Fsp3) is 0.588. The largest absolute Gasteiger partial charge is 0.356 e. The van der Waals surface area contributed by atoms with Gasteiger partial charge >= 0.3 is 0 Å². The number of aryl methyl sites for hydroxylation is 2. The molecule has 1 saturated heterocycles. The molecule has 0 aromatic carbocycles. The maximum Gasteiger partial charge on any atom is 0.223 e. The predicted octanol–water partition coefficient (Wildman–Crippen LogP) is 3.24. The lowest BCUT2D eigenvalue weighted by atomic mass is 9.96. The summed E-state index contributed by atoms with van der Waals surface area (Å²) in [4.78, 5) is 14.5. The lowest BCUT2D eigenvalue weighted by Crippen LogP contribution is -2.38. The zero-order chi connectivity index (χ0) is 16.4. The molecule has 0 aliphatic carbocycles. The Morgan fingerprint density at radius 3 is 2.96 bits per heavy atom. The molecule has 2 aromatic rings. The Balaban J connectivity index is 1.97. The smallest absolute Gasteiger partial charge is 0.223 e. The van der Waals surface area contributed by atoms with Gasteiger partial charge in [0.15, 0.2) is 5.76 Å². The van der Waals surface area contributed by atoms with Crippen LogP contribution in [0.1, 0.15) is 56.5 Å². The van der Waals surface area contributed by atoms with Gasteiger partial charge in [0.2, 0.25) is 5.91 Å². The monoisotopic (exact) mass is 316 g/mol. The minimum atomic E-state index is 0.0319. The molecule has 1 amide bonds. The number of carbonyl (C=O) groups is 1. The normalized spacial score (nSPS) is 18.4. The Kier molecular flexibility index (Phi) is 4.50. The summed E-state index contributed by atoms with van der Waals surface area (Å²) >= 11 is 0. The zero-order valence-corrected chi connectivity index (χ0v) is 14.1. The van der Waals surface area contributed by atoms with Gasteiger partial charge in [-0.3, -0.25) is 9.48 Å². The molecule has 1 fully saturated rings. The molecule has 0 bridgehead atoms. The molecule has 3 heterocycles. The third kappa shape index (κ3) is 3.16. The molecule has 124 valence electrons. The molecule has 0 saturated carbocycles. The van der Waals surface area contributed by atoms with Crippen molar-refractivity contribution in [3.63, 3.8) is 0 Å². The van der Waals surface area contributed by atoms with Gasteiger partial charge in [-0.2, -0.15) is 5.10 Å². The van der Waals surface area contributed by atoms with Crippen LogP contribution in [0.4, 0.5) is 0 Å². The van der Waals surface area contributed by atoms with Gasteiger partial charge in [0.1, 0.15) is 0 Å². The van der Waals surface area contributed by atoms with Gasteiger partial charge in [0, 0.05) is 32.3 Å². The van der Waals surface area contributed by atoms with Gasteiger partial charge in [0.25, 0.3) is 0 Å². The molecule has 0 spiro atoms. The third-order valence-electron chi connectivity index (χ3n) is 4.35. The van der Waals surface area contributed by atoms with Crippen molar-refractivity contribution < 1.29 is 9.32 Å². The summed E-state index contributed by atoms with van der Waals surface area (Å²) in [5, 5.41) is 8.63. The van der Waals surface area contributed by atoms with Crippen molar-refractivity contribution in [3.8, 4) is 11.3 Å². The van der Waals surface area contributed by atoms with Gasteiger partial charge in [-0.25, -0.2) is 0 Å². The van der Waals surface area contributed by atoms with Crippen LogP contribution in [0.3, 0.4) is 0 Å². The molecule has 2 aromatic heterocycles. The van der Waals surface area contributed by atoms with Crippen molar-refractivity contribution in [3.05, 3.63) is 23.7 Å². The van der Waals surface area contributed by atoms with E-state index in [4.69, 9.17) is 4.52 Å². The molecular weight excluding hydrogens is 292 g/mol. The van der Waals surface area contributed by atoms with Crippen molar-refractivity contribution in [1.82, 2.24) is 19.8 Å². The number of nitrogens with zero attached hydrogens (tertiary/aromatic N) is 4. The van der Waals surface area contributed by atoms with Crippen molar-refractivity contribution in [2.45, 2.75) is 52.0 Å². The molecular formula is C17H24N4O2. The van der Waals surface area contributed by atoms with Crippen molar-refractivity contribution in [1.29, 1.82) is 0 Å². The maximum absolute atomic E-state index is 12.5. The van der Waals surface area contributed by atoms with Crippen LogP contribution in [-0.2, 0) is 11.8 Å². The summed E-state index contributed by atoms with van der Waals surface area (Å²) in [7, 11) is 1.90. The van der Waals surface area contributed by atoms with E-state index in [1.54, 1.807) is 4.68 Å². The van der Waals surface area contributed by atoms with Crippen LogP contribution in [0.5, 0.6) is 0 Å². The van der Waals surface area contributed by atoms with E-state index < -0.39 is 0 Å². The van der Waals surface area contributed by atoms with Gasteiger partial charge in [-0.1, -0.05) is 12.1 Å². The van der Waals surface area contributed by atoms with E-state index in [0.29, 0.717) is 6.42 Å². The second-order valence-electron chi connectivity index (χ2n) is 6.28. The maximum atomic E-state index is 12.5. The first kappa shape index (κ1) is 15.8. The topological polar surface area (TPSA) is 64.2 Å². The van der Waals surface area contributed by atoms with Gasteiger partial charge in [0.05, 0.1) is 23.0 Å². The van der Waals surface area contributed by atoms with Crippen molar-refractivity contribution in [2.75, 3.05) is 6.54 Å². The second kappa shape index (κ2) is 6.56. The molecule has 6 heteroatoms. The zero-order valence-electron chi connectivity index (χ0n) is 14.1. The number of piperidine rings is 1. The Hall–Kier alpha value is -2.11. The van der Waals surface area contributed by atoms with Crippen molar-refractivity contribution in [2.24, 2.45) is 7.05 Å². The quantitative estimate of drug-likeness (QED) is 0.868. The van der Waals surface area contributed by atoms with Gasteiger partial charge in [-0.05, 0) is 32.6 Å². The highest BCUT2D eigenvalue weighted by Crippen LogP contribution is 2.36. The number of rotatable bonds is 4. The number of hydrogen-bond donors (Lipinski definition) is 0. The van der Waals surface area contributed by atoms with E-state index in [0.717, 1.165) is 54.9 Å². The number of amides is 1. The van der Waals surface area contributed by atoms with E-state index in [1.165, 1.54) is 0 Å². The molecule has 6 nitrogen and oxygen atoms in total. The molecule has 0 N–H and O–H groups in total. The average Bonchev–Trinajstić information content (AvgIpc) is 3.13. The number of carbonyl (C=O) groups excluding carboxylic acids is 1. The Labute approximate surface area is 136 Å². The molecule has 0 unspecified atom stereocenters. The van der Waals surface area contributed by atoms with E-state index in [1.807, 2.05) is 38.1 Å². The van der Waals surface area contributed by atoms with Crippen LogP contribution in [0.15, 0.2) is 16.8 Å². The van der Waals surface area contributed by atoms with E-state index in [2.05, 4.69) is 10.3 Å². The predicted molar refractivity (Wildman–Crippen MR) is 86.7 cm³/mol. The lowest BCUT2D eigenvalue weighted by molar-refractivity contribution is -0.135. The molecule has 23 heavy (non-hydrogen) atoms. The Morgan fingerprint density at radius 2 is 2.26 bits per heavy atom. The minimum Gasteiger partial charge on any atom is -0.356 e. The summed E-state index contributed by atoms with van der Waals surface area (Å²) in [5.74, 6) is 0.946. The summed E-state index contributed by atoms with van der Waals surface area (Å²) in [6, 6.07) is 1.95. The second-order valence-corrected chi connectivity index (χ2v) is 6.28. The summed E-state index contributed by atoms with van der Waals surface area (Å²) in [5.41, 5.74) is 2.71. The SMILES string of the molecule is CCCC(=O)N1CCCC[C@@H]1c1nn(C)cc1-c1cc(C)no1. The Bertz CT molecular complexity index is 689. The summed E-state index contributed by atoms with van der Waals surface area (Å²) in [6.07, 6.45) is 6.55. The van der Waals surface area contributed by atoms with Crippen LogP contribution < -0.4 is 0 Å². The molecule has 1 atom stereocenters. The molecule has 1 aliphatic rings. The van der Waals surface area contributed by atoms with Gasteiger partial charge in [-0.15, -0.1) is 0 Å². The molecule has 3 rings (SSSR count). The lowest BCUT2D eigenvalue weighted by Gasteiger charge is -2.35. The van der Waals surface area contributed by atoms with Crippen molar-refractivity contribution >= 4 is 5.91 Å². The summed E-state index contributed by atoms with van der Waals surface area (Å²) < 4.78 is 7.22. The average molecular weight is 316 g/mol. The molecule has 0 radical (unpaired) electrons. The first-order valence-electron chi connectivity index (χ1n) is 8.37. The van der Waals surface area contributed by atoms with Crippen LogP contribution >= 0.6 is 0 Å². The van der Waals surface area contributed by atoms with Crippen LogP contribution in [0.2, 0.25) is 0 Å². The Morgan fingerprint density at radius 1 is 1.43 bits per heavy atom. The highest BCUT2D eigenvalue weighted by Gasteiger charge is 2.32. The molecule has 1 aliphatic heterocycles. The number of likely N-dealkylation sites (tertiary alicyclic amines) is 1. The van der Waals surface area contributed by atoms with E-state index >= 15 is 0 Å². The first-order chi connectivity index (χ1) is 11.1. The number of aromatic nitrogens is 3. The van der Waals surface area contributed by atoms with Crippen LogP contribution in [0.25, 0.3) is 11.3 Å². The summed E-state index contributed by atoms with van der Waals surface area (Å²) in [6.45, 7) is 4.76. The number of hydrogen-bond acceptors (Lipinski definition) is 4. The van der Waals surface area contributed by atoms with Crippen LogP contribution in [-0.4, -0.2) is 32.3 Å².